The largest absolute Gasteiger partial charge is 0.335 e. The van der Waals surface area contributed by atoms with Crippen LogP contribution in [0.3, 0.4) is 0 Å². The van der Waals surface area contributed by atoms with Crippen molar-refractivity contribution in [2.45, 2.75) is 33.2 Å². The van der Waals surface area contributed by atoms with Crippen LogP contribution in [-0.2, 0) is 0 Å². The number of aryl methyl sites for hydroxylation is 2. The van der Waals surface area contributed by atoms with Crippen molar-refractivity contribution in [3.05, 3.63) is 29.3 Å². The molecule has 0 radical (unpaired) electrons. The molecule has 3 heteroatoms. The van der Waals surface area contributed by atoms with Gasteiger partial charge >= 0.3 is 0 Å². The highest BCUT2D eigenvalue weighted by Crippen LogP contribution is 2.20. The molecule has 16 heavy (non-hydrogen) atoms. The van der Waals surface area contributed by atoms with Gasteiger partial charge in [0.2, 0.25) is 0 Å². The van der Waals surface area contributed by atoms with Gasteiger partial charge in [-0.15, -0.1) is 0 Å². The molecular weight excluding hydrogens is 216 g/mol. The van der Waals surface area contributed by atoms with Gasteiger partial charge in [-0.25, -0.2) is 0 Å². The van der Waals surface area contributed by atoms with Gasteiger partial charge in [0, 0.05) is 11.4 Å². The third-order valence-corrected chi connectivity index (χ3v) is 3.51. The second-order valence-corrected chi connectivity index (χ2v) is 5.51. The number of benzene rings is 1. The number of nitrogens with zero attached hydrogens (tertiary/aromatic N) is 1. The number of anilines is 1. The van der Waals surface area contributed by atoms with Crippen molar-refractivity contribution in [2.24, 2.45) is 4.99 Å². The molecular formula is C13H18N2S. The molecule has 0 spiro atoms. The van der Waals surface area contributed by atoms with E-state index in [4.69, 9.17) is 0 Å². The molecule has 0 saturated heterocycles. The van der Waals surface area contributed by atoms with E-state index in [0.29, 0.717) is 6.04 Å². The minimum atomic E-state index is 0.453. The first-order chi connectivity index (χ1) is 7.63. The summed E-state index contributed by atoms with van der Waals surface area (Å²) in [6.45, 7) is 6.41. The third kappa shape index (κ3) is 3.01. The second kappa shape index (κ2) is 4.91. The SMILES string of the molecule is Cc1cc(C)cc(NC2=NC(C)CCS2)c1. The molecule has 0 amide bonds. The van der Waals surface area contributed by atoms with Gasteiger partial charge in [-0.05, 0) is 50.5 Å². The Balaban J connectivity index is 2.14. The molecule has 0 bridgehead atoms. The molecule has 1 aromatic rings. The van der Waals surface area contributed by atoms with Crippen molar-refractivity contribution < 1.29 is 0 Å². The van der Waals surface area contributed by atoms with Crippen LogP contribution < -0.4 is 5.32 Å². The van der Waals surface area contributed by atoms with E-state index in [9.17, 15) is 0 Å². The number of nitrogens with one attached hydrogen (secondary N) is 1. The van der Waals surface area contributed by atoms with E-state index >= 15 is 0 Å². The van der Waals surface area contributed by atoms with E-state index in [2.05, 4.69) is 49.3 Å². The fraction of sp³-hybridized carbons (Fsp3) is 0.462. The maximum absolute atomic E-state index is 4.61. The summed E-state index contributed by atoms with van der Waals surface area (Å²) in [6.07, 6.45) is 1.18. The molecule has 1 atom stereocenters. The van der Waals surface area contributed by atoms with Crippen molar-refractivity contribution in [3.8, 4) is 0 Å². The zero-order valence-corrected chi connectivity index (χ0v) is 10.9. The van der Waals surface area contributed by atoms with Gasteiger partial charge in [0.05, 0.1) is 6.04 Å². The molecule has 1 heterocycles. The van der Waals surface area contributed by atoms with Gasteiger partial charge in [-0.1, -0.05) is 17.8 Å². The van der Waals surface area contributed by atoms with E-state index in [1.165, 1.54) is 17.5 Å². The number of hydrogen-bond acceptors (Lipinski definition) is 3. The van der Waals surface area contributed by atoms with Gasteiger partial charge in [0.1, 0.15) is 0 Å². The highest BCUT2D eigenvalue weighted by molar-refractivity contribution is 8.14. The molecule has 2 rings (SSSR count). The lowest BCUT2D eigenvalue weighted by Crippen LogP contribution is -2.18. The first-order valence-electron chi connectivity index (χ1n) is 5.69. The normalized spacial score (nSPS) is 20.4. The van der Waals surface area contributed by atoms with Crippen molar-refractivity contribution in [3.63, 3.8) is 0 Å². The number of rotatable bonds is 1. The Hall–Kier alpha value is -0.960. The maximum atomic E-state index is 4.61. The van der Waals surface area contributed by atoms with Crippen LogP contribution in [0.4, 0.5) is 5.69 Å². The topological polar surface area (TPSA) is 24.4 Å². The summed E-state index contributed by atoms with van der Waals surface area (Å²) < 4.78 is 0. The van der Waals surface area contributed by atoms with Gasteiger partial charge in [0.15, 0.2) is 5.17 Å². The highest BCUT2D eigenvalue weighted by atomic mass is 32.2. The molecule has 86 valence electrons. The van der Waals surface area contributed by atoms with Gasteiger partial charge in [0.25, 0.3) is 0 Å². The fourth-order valence-corrected chi connectivity index (χ4v) is 2.96. The van der Waals surface area contributed by atoms with Crippen LogP contribution in [0.15, 0.2) is 23.2 Å². The van der Waals surface area contributed by atoms with E-state index in [1.807, 2.05) is 11.8 Å². The van der Waals surface area contributed by atoms with Crippen LogP contribution in [0.5, 0.6) is 0 Å². The molecule has 0 aromatic heterocycles. The summed E-state index contributed by atoms with van der Waals surface area (Å²) in [5.74, 6) is 1.16. The van der Waals surface area contributed by atoms with Crippen LogP contribution in [0.2, 0.25) is 0 Å². The Morgan fingerprint density at radius 1 is 1.25 bits per heavy atom. The molecule has 0 saturated carbocycles. The predicted octanol–water partition coefficient (Wildman–Crippen LogP) is 3.60. The van der Waals surface area contributed by atoms with Crippen molar-refractivity contribution in [2.75, 3.05) is 11.1 Å². The van der Waals surface area contributed by atoms with Crippen LogP contribution in [-0.4, -0.2) is 17.0 Å². The predicted molar refractivity (Wildman–Crippen MR) is 73.5 cm³/mol. The first kappa shape index (κ1) is 11.5. The molecule has 0 fully saturated rings. The summed E-state index contributed by atoms with van der Waals surface area (Å²) >= 11 is 1.81. The van der Waals surface area contributed by atoms with E-state index in [1.54, 1.807) is 0 Å². The molecule has 1 aliphatic rings. The monoisotopic (exact) mass is 234 g/mol. The van der Waals surface area contributed by atoms with Crippen molar-refractivity contribution >= 4 is 22.6 Å². The van der Waals surface area contributed by atoms with Crippen LogP contribution in [0.25, 0.3) is 0 Å². The maximum Gasteiger partial charge on any atom is 0.161 e. The summed E-state index contributed by atoms with van der Waals surface area (Å²) in [5.41, 5.74) is 3.73. The minimum absolute atomic E-state index is 0.453. The second-order valence-electron chi connectivity index (χ2n) is 4.42. The number of thioether (sulfide) groups is 1. The zero-order valence-electron chi connectivity index (χ0n) is 10.1. The number of hydrogen-bond donors (Lipinski definition) is 1. The Labute approximate surface area is 102 Å². The van der Waals surface area contributed by atoms with Gasteiger partial charge < -0.3 is 5.32 Å². The summed E-state index contributed by atoms with van der Waals surface area (Å²) in [6, 6.07) is 6.96. The van der Waals surface area contributed by atoms with Crippen LogP contribution in [0.1, 0.15) is 24.5 Å². The van der Waals surface area contributed by atoms with Crippen LogP contribution >= 0.6 is 11.8 Å². The Morgan fingerprint density at radius 3 is 2.56 bits per heavy atom. The molecule has 0 aliphatic carbocycles. The average Bonchev–Trinajstić information content (AvgIpc) is 2.15. The van der Waals surface area contributed by atoms with Crippen molar-refractivity contribution in [1.82, 2.24) is 0 Å². The lowest BCUT2D eigenvalue weighted by Gasteiger charge is -2.18. The van der Waals surface area contributed by atoms with Crippen LogP contribution in [0, 0.1) is 13.8 Å². The highest BCUT2D eigenvalue weighted by Gasteiger charge is 2.11. The minimum Gasteiger partial charge on any atom is -0.335 e. The van der Waals surface area contributed by atoms with Crippen molar-refractivity contribution in [1.29, 1.82) is 0 Å². The van der Waals surface area contributed by atoms with E-state index < -0.39 is 0 Å². The quantitative estimate of drug-likeness (QED) is 0.803. The zero-order chi connectivity index (χ0) is 11.5. The van der Waals surface area contributed by atoms with E-state index in [-0.39, 0.29) is 0 Å². The smallest absolute Gasteiger partial charge is 0.161 e. The fourth-order valence-electron chi connectivity index (χ4n) is 1.87. The number of amidine groups is 1. The molecule has 1 aromatic carbocycles. The molecule has 1 unspecified atom stereocenters. The Bertz CT molecular complexity index is 392. The average molecular weight is 234 g/mol. The van der Waals surface area contributed by atoms with Gasteiger partial charge in [-0.2, -0.15) is 0 Å². The lowest BCUT2D eigenvalue weighted by atomic mass is 10.1. The molecule has 1 aliphatic heterocycles. The summed E-state index contributed by atoms with van der Waals surface area (Å²) in [4.78, 5) is 4.61. The van der Waals surface area contributed by atoms with Gasteiger partial charge in [-0.3, -0.25) is 4.99 Å². The van der Waals surface area contributed by atoms with E-state index in [0.717, 1.165) is 16.6 Å². The first-order valence-corrected chi connectivity index (χ1v) is 6.68. The standard InChI is InChI=1S/C13H18N2S/c1-9-6-10(2)8-12(7-9)15-13-14-11(3)4-5-16-13/h6-8,11H,4-5H2,1-3H3,(H,14,15). The Morgan fingerprint density at radius 2 is 1.94 bits per heavy atom. The summed E-state index contributed by atoms with van der Waals surface area (Å²) in [5, 5.41) is 4.46. The molecule has 2 nitrogen and oxygen atoms in total. The lowest BCUT2D eigenvalue weighted by molar-refractivity contribution is 0.720. The number of aliphatic imine (C=N–C) groups is 1. The Kier molecular flexibility index (Phi) is 3.54. The molecule has 1 N–H and O–H groups in total. The summed E-state index contributed by atoms with van der Waals surface area (Å²) in [7, 11) is 0. The third-order valence-electron chi connectivity index (χ3n) is 2.59.